The van der Waals surface area contributed by atoms with Gasteiger partial charge in [-0.1, -0.05) is 0 Å². The minimum atomic E-state index is -2.63. The SMILES string of the molecule is CC(=N)/C=C(/C)Nc1nc(NC2CCC(F)(F)CC2)cc(C(=O)O)n1. The average Bonchev–Trinajstić information content (AvgIpc) is 2.48. The van der Waals surface area contributed by atoms with Crippen LogP contribution in [0.1, 0.15) is 50.0 Å². The van der Waals surface area contributed by atoms with E-state index < -0.39 is 11.9 Å². The first-order valence-electron chi connectivity index (χ1n) is 7.92. The number of nitrogens with zero attached hydrogens (tertiary/aromatic N) is 2. The Morgan fingerprint density at radius 3 is 2.56 bits per heavy atom. The molecule has 2 rings (SSSR count). The molecule has 0 spiro atoms. The van der Waals surface area contributed by atoms with Crippen LogP contribution in [-0.4, -0.2) is 38.7 Å². The Kier molecular flexibility index (Phi) is 5.66. The number of anilines is 2. The third kappa shape index (κ3) is 5.77. The van der Waals surface area contributed by atoms with E-state index in [9.17, 15) is 18.7 Å². The summed E-state index contributed by atoms with van der Waals surface area (Å²) in [6, 6.07) is 1.09. The second-order valence-electron chi connectivity index (χ2n) is 6.18. The van der Waals surface area contributed by atoms with Gasteiger partial charge in [0, 0.05) is 36.4 Å². The monoisotopic (exact) mass is 353 g/mol. The first kappa shape index (κ1) is 18.8. The van der Waals surface area contributed by atoms with Crippen molar-refractivity contribution in [2.75, 3.05) is 10.6 Å². The van der Waals surface area contributed by atoms with Gasteiger partial charge in [-0.15, -0.1) is 0 Å². The van der Waals surface area contributed by atoms with Gasteiger partial charge in [0.2, 0.25) is 11.9 Å². The number of carboxylic acids is 1. The Hall–Kier alpha value is -2.58. The van der Waals surface area contributed by atoms with Gasteiger partial charge < -0.3 is 21.1 Å². The number of carbonyl (C=O) groups is 1. The summed E-state index contributed by atoms with van der Waals surface area (Å²) in [5, 5.41) is 22.5. The molecule has 0 amide bonds. The summed E-state index contributed by atoms with van der Waals surface area (Å²) >= 11 is 0. The van der Waals surface area contributed by atoms with E-state index in [1.54, 1.807) is 19.9 Å². The molecule has 1 saturated carbocycles. The summed E-state index contributed by atoms with van der Waals surface area (Å²) in [6.07, 6.45) is 1.72. The molecule has 1 aliphatic rings. The minimum absolute atomic E-state index is 0.0681. The highest BCUT2D eigenvalue weighted by atomic mass is 19.3. The van der Waals surface area contributed by atoms with Gasteiger partial charge in [0.05, 0.1) is 0 Å². The van der Waals surface area contributed by atoms with Gasteiger partial charge >= 0.3 is 5.97 Å². The van der Waals surface area contributed by atoms with Crippen molar-refractivity contribution in [1.29, 1.82) is 5.41 Å². The van der Waals surface area contributed by atoms with Crippen molar-refractivity contribution in [3.63, 3.8) is 0 Å². The lowest BCUT2D eigenvalue weighted by molar-refractivity contribution is -0.0361. The zero-order chi connectivity index (χ0) is 18.6. The summed E-state index contributed by atoms with van der Waals surface area (Å²) in [4.78, 5) is 19.4. The van der Waals surface area contributed by atoms with Crippen LogP contribution in [0.5, 0.6) is 0 Å². The van der Waals surface area contributed by atoms with Crippen LogP contribution in [0, 0.1) is 5.41 Å². The molecule has 0 bridgehead atoms. The van der Waals surface area contributed by atoms with Crippen molar-refractivity contribution in [2.24, 2.45) is 0 Å². The van der Waals surface area contributed by atoms with E-state index >= 15 is 0 Å². The lowest BCUT2D eigenvalue weighted by Crippen LogP contribution is -2.32. The van der Waals surface area contributed by atoms with Crippen molar-refractivity contribution < 1.29 is 18.7 Å². The van der Waals surface area contributed by atoms with Gasteiger partial charge in [0.15, 0.2) is 5.69 Å². The zero-order valence-electron chi connectivity index (χ0n) is 14.1. The number of aromatic carboxylic acids is 1. The van der Waals surface area contributed by atoms with Crippen molar-refractivity contribution in [2.45, 2.75) is 51.5 Å². The molecule has 1 heterocycles. The maximum Gasteiger partial charge on any atom is 0.354 e. The zero-order valence-corrected chi connectivity index (χ0v) is 14.1. The second kappa shape index (κ2) is 7.54. The van der Waals surface area contributed by atoms with Crippen LogP contribution in [0.4, 0.5) is 20.5 Å². The number of hydrogen-bond donors (Lipinski definition) is 4. The van der Waals surface area contributed by atoms with Crippen LogP contribution in [-0.2, 0) is 0 Å². The normalized spacial score (nSPS) is 17.8. The van der Waals surface area contributed by atoms with E-state index in [1.165, 1.54) is 6.07 Å². The molecule has 9 heteroatoms. The number of hydrogen-bond acceptors (Lipinski definition) is 6. The minimum Gasteiger partial charge on any atom is -0.477 e. The van der Waals surface area contributed by atoms with E-state index in [-0.39, 0.29) is 49.2 Å². The van der Waals surface area contributed by atoms with Crippen LogP contribution >= 0.6 is 0 Å². The van der Waals surface area contributed by atoms with Gasteiger partial charge in [-0.3, -0.25) is 0 Å². The first-order chi connectivity index (χ1) is 11.6. The Morgan fingerprint density at radius 2 is 2.00 bits per heavy atom. The molecule has 1 aromatic heterocycles. The van der Waals surface area contributed by atoms with Crippen molar-refractivity contribution >= 4 is 23.4 Å². The third-order valence-electron chi connectivity index (χ3n) is 3.76. The molecule has 25 heavy (non-hydrogen) atoms. The van der Waals surface area contributed by atoms with E-state index in [2.05, 4.69) is 20.6 Å². The molecule has 7 nitrogen and oxygen atoms in total. The number of carboxylic acid groups (broad SMARTS) is 1. The summed E-state index contributed by atoms with van der Waals surface area (Å²) in [7, 11) is 0. The highest BCUT2D eigenvalue weighted by molar-refractivity contribution is 5.91. The average molecular weight is 353 g/mol. The van der Waals surface area contributed by atoms with E-state index in [0.717, 1.165) is 0 Å². The highest BCUT2D eigenvalue weighted by Gasteiger charge is 2.35. The first-order valence-corrected chi connectivity index (χ1v) is 7.92. The number of alkyl halides is 2. The summed E-state index contributed by atoms with van der Waals surface area (Å²) < 4.78 is 26.5. The molecule has 0 radical (unpaired) electrons. The molecule has 4 N–H and O–H groups in total. The fraction of sp³-hybridized carbons (Fsp3) is 0.500. The molecule has 136 valence electrons. The lowest BCUT2D eigenvalue weighted by atomic mass is 9.92. The second-order valence-corrected chi connectivity index (χ2v) is 6.18. The smallest absolute Gasteiger partial charge is 0.354 e. The third-order valence-corrected chi connectivity index (χ3v) is 3.76. The molecule has 1 fully saturated rings. The Labute approximate surface area is 144 Å². The standard InChI is InChI=1S/C16H21F2N5O2/c1-9(19)7-10(2)20-15-22-12(14(24)25)8-13(23-15)21-11-3-5-16(17,18)6-4-11/h7-8,11,19H,3-6H2,1-2H3,(H,24,25)(H2,20,21,22,23)/b10-7-,19-9?. The van der Waals surface area contributed by atoms with E-state index in [0.29, 0.717) is 11.4 Å². The molecule has 0 aliphatic heterocycles. The number of allylic oxidation sites excluding steroid dienone is 2. The number of nitrogens with one attached hydrogen (secondary N) is 3. The molecule has 0 saturated heterocycles. The van der Waals surface area contributed by atoms with Crippen LogP contribution in [0.2, 0.25) is 0 Å². The quantitative estimate of drug-likeness (QED) is 0.582. The Balaban J connectivity index is 2.17. The Bertz CT molecular complexity index is 696. The van der Waals surface area contributed by atoms with Gasteiger partial charge in [-0.05, 0) is 32.8 Å². The predicted octanol–water partition coefficient (Wildman–Crippen LogP) is 3.52. The maximum absolute atomic E-state index is 13.2. The van der Waals surface area contributed by atoms with E-state index in [4.69, 9.17) is 5.41 Å². The van der Waals surface area contributed by atoms with Crippen LogP contribution in [0.15, 0.2) is 17.8 Å². The number of halogens is 2. The van der Waals surface area contributed by atoms with Crippen molar-refractivity contribution in [3.05, 3.63) is 23.5 Å². The summed E-state index contributed by atoms with van der Waals surface area (Å²) in [5.41, 5.74) is 0.694. The van der Waals surface area contributed by atoms with Crippen molar-refractivity contribution in [1.82, 2.24) is 9.97 Å². The fourth-order valence-electron chi connectivity index (χ4n) is 2.62. The van der Waals surface area contributed by atoms with Crippen LogP contribution in [0.25, 0.3) is 0 Å². The largest absolute Gasteiger partial charge is 0.477 e. The topological polar surface area (TPSA) is 111 Å². The molecule has 1 aromatic rings. The molecule has 0 unspecified atom stereocenters. The van der Waals surface area contributed by atoms with Crippen LogP contribution < -0.4 is 10.6 Å². The van der Waals surface area contributed by atoms with E-state index in [1.807, 2.05) is 0 Å². The predicted molar refractivity (Wildman–Crippen MR) is 90.6 cm³/mol. The fourth-order valence-corrected chi connectivity index (χ4v) is 2.62. The molecule has 1 aliphatic carbocycles. The van der Waals surface area contributed by atoms with Gasteiger partial charge in [-0.2, -0.15) is 4.98 Å². The molecular weight excluding hydrogens is 332 g/mol. The number of rotatable bonds is 6. The van der Waals surface area contributed by atoms with Gasteiger partial charge in [0.25, 0.3) is 0 Å². The van der Waals surface area contributed by atoms with Crippen LogP contribution in [0.3, 0.4) is 0 Å². The highest BCUT2D eigenvalue weighted by Crippen LogP contribution is 2.34. The van der Waals surface area contributed by atoms with Crippen molar-refractivity contribution in [3.8, 4) is 0 Å². The van der Waals surface area contributed by atoms with Gasteiger partial charge in [-0.25, -0.2) is 18.6 Å². The molecule has 0 atom stereocenters. The number of aromatic nitrogens is 2. The summed E-state index contributed by atoms with van der Waals surface area (Å²) in [5.74, 6) is -3.51. The lowest BCUT2D eigenvalue weighted by Gasteiger charge is -2.29. The maximum atomic E-state index is 13.2. The molecular formula is C16H21F2N5O2. The van der Waals surface area contributed by atoms with Gasteiger partial charge in [0.1, 0.15) is 5.82 Å². The molecule has 0 aromatic carbocycles. The Morgan fingerprint density at radius 1 is 1.36 bits per heavy atom. The summed E-state index contributed by atoms with van der Waals surface area (Å²) in [6.45, 7) is 3.30.